The number of aryl methyl sites for hydroxylation is 1. The maximum atomic E-state index is 12.0. The lowest BCUT2D eigenvalue weighted by atomic mass is 10.0. The minimum Gasteiger partial charge on any atom is -0.461 e. The molecule has 1 atom stereocenters. The van der Waals surface area contributed by atoms with Crippen molar-refractivity contribution < 1.29 is 9.53 Å². The molecule has 0 aromatic heterocycles. The summed E-state index contributed by atoms with van der Waals surface area (Å²) in [5.41, 5.74) is 3.41. The van der Waals surface area contributed by atoms with E-state index in [9.17, 15) is 4.79 Å². The fourth-order valence-electron chi connectivity index (χ4n) is 2.03. The Labute approximate surface area is 120 Å². The van der Waals surface area contributed by atoms with E-state index in [2.05, 4.69) is 31.2 Å². The molecule has 2 aromatic carbocycles. The highest BCUT2D eigenvalue weighted by atomic mass is 16.5. The molecule has 0 aliphatic rings. The SMILES string of the molecule is Cc1ccc(C[C@@H](C)C(=O)OCc2ccccc2)cc1. The average molecular weight is 268 g/mol. The molecule has 0 saturated heterocycles. The van der Waals surface area contributed by atoms with Gasteiger partial charge in [0.1, 0.15) is 6.61 Å². The first-order chi connectivity index (χ1) is 9.65. The number of hydrogen-bond donors (Lipinski definition) is 0. The van der Waals surface area contributed by atoms with E-state index in [0.717, 1.165) is 5.56 Å². The topological polar surface area (TPSA) is 26.3 Å². The highest BCUT2D eigenvalue weighted by Crippen LogP contribution is 2.12. The normalized spacial score (nSPS) is 11.9. The second kappa shape index (κ2) is 6.90. The number of rotatable bonds is 5. The van der Waals surface area contributed by atoms with E-state index in [1.165, 1.54) is 11.1 Å². The van der Waals surface area contributed by atoms with Crippen molar-refractivity contribution in [1.82, 2.24) is 0 Å². The maximum Gasteiger partial charge on any atom is 0.309 e. The van der Waals surface area contributed by atoms with Crippen LogP contribution >= 0.6 is 0 Å². The Bertz CT molecular complexity index is 543. The first kappa shape index (κ1) is 14.3. The lowest BCUT2D eigenvalue weighted by Crippen LogP contribution is -2.17. The predicted molar refractivity (Wildman–Crippen MR) is 80.3 cm³/mol. The molecule has 0 fully saturated rings. The number of esters is 1. The van der Waals surface area contributed by atoms with E-state index in [0.29, 0.717) is 13.0 Å². The first-order valence-corrected chi connectivity index (χ1v) is 6.91. The molecule has 0 heterocycles. The second-order valence-electron chi connectivity index (χ2n) is 5.18. The molecule has 20 heavy (non-hydrogen) atoms. The standard InChI is InChI=1S/C18H20O2/c1-14-8-10-16(11-9-14)12-15(2)18(19)20-13-17-6-4-3-5-7-17/h3-11,15H,12-13H2,1-2H3/t15-/m1/s1. The van der Waals surface area contributed by atoms with Gasteiger partial charge in [0.15, 0.2) is 0 Å². The van der Waals surface area contributed by atoms with Crippen LogP contribution in [-0.4, -0.2) is 5.97 Å². The Morgan fingerprint density at radius 3 is 2.30 bits per heavy atom. The van der Waals surface area contributed by atoms with Gasteiger partial charge in [-0.1, -0.05) is 67.1 Å². The summed E-state index contributed by atoms with van der Waals surface area (Å²) >= 11 is 0. The van der Waals surface area contributed by atoms with Crippen molar-refractivity contribution in [3.63, 3.8) is 0 Å². The lowest BCUT2D eigenvalue weighted by molar-refractivity contribution is -0.149. The third kappa shape index (κ3) is 4.23. The molecule has 0 aliphatic heterocycles. The molecule has 0 amide bonds. The van der Waals surface area contributed by atoms with E-state index in [1.54, 1.807) is 0 Å². The van der Waals surface area contributed by atoms with Gasteiger partial charge in [0, 0.05) is 0 Å². The summed E-state index contributed by atoms with van der Waals surface area (Å²) in [4.78, 5) is 12.0. The molecule has 0 N–H and O–H groups in total. The molecule has 2 aromatic rings. The van der Waals surface area contributed by atoms with Crippen LogP contribution in [0, 0.1) is 12.8 Å². The minimum absolute atomic E-state index is 0.124. The summed E-state index contributed by atoms with van der Waals surface area (Å²) in [5.74, 6) is -0.268. The highest BCUT2D eigenvalue weighted by Gasteiger charge is 2.15. The second-order valence-corrected chi connectivity index (χ2v) is 5.18. The largest absolute Gasteiger partial charge is 0.461 e. The number of ether oxygens (including phenoxy) is 1. The fourth-order valence-corrected chi connectivity index (χ4v) is 2.03. The van der Waals surface area contributed by atoms with Crippen molar-refractivity contribution in [2.45, 2.75) is 26.9 Å². The fraction of sp³-hybridized carbons (Fsp3) is 0.278. The van der Waals surface area contributed by atoms with Crippen molar-refractivity contribution in [2.24, 2.45) is 5.92 Å². The smallest absolute Gasteiger partial charge is 0.309 e. The minimum atomic E-state index is -0.144. The molecule has 104 valence electrons. The summed E-state index contributed by atoms with van der Waals surface area (Å²) in [6.45, 7) is 4.31. The summed E-state index contributed by atoms with van der Waals surface area (Å²) in [6.07, 6.45) is 0.716. The van der Waals surface area contributed by atoms with Crippen molar-refractivity contribution >= 4 is 5.97 Å². The third-order valence-electron chi connectivity index (χ3n) is 3.29. The van der Waals surface area contributed by atoms with Crippen molar-refractivity contribution in [3.8, 4) is 0 Å². The van der Waals surface area contributed by atoms with Crippen LogP contribution in [0.15, 0.2) is 54.6 Å². The van der Waals surface area contributed by atoms with E-state index >= 15 is 0 Å². The molecule has 0 unspecified atom stereocenters. The van der Waals surface area contributed by atoms with Crippen LogP contribution < -0.4 is 0 Å². The van der Waals surface area contributed by atoms with Crippen LogP contribution in [0.25, 0.3) is 0 Å². The number of carbonyl (C=O) groups excluding carboxylic acids is 1. The summed E-state index contributed by atoms with van der Waals surface area (Å²) in [7, 11) is 0. The van der Waals surface area contributed by atoms with Crippen LogP contribution in [0.1, 0.15) is 23.6 Å². The summed E-state index contributed by atoms with van der Waals surface area (Å²) in [5, 5.41) is 0. The maximum absolute atomic E-state index is 12.0. The zero-order valence-corrected chi connectivity index (χ0v) is 12.0. The highest BCUT2D eigenvalue weighted by molar-refractivity contribution is 5.72. The van der Waals surface area contributed by atoms with Crippen LogP contribution in [-0.2, 0) is 22.6 Å². The van der Waals surface area contributed by atoms with Gasteiger partial charge in [0.25, 0.3) is 0 Å². The number of hydrogen-bond acceptors (Lipinski definition) is 2. The molecule has 0 bridgehead atoms. The van der Waals surface area contributed by atoms with E-state index in [1.807, 2.05) is 37.3 Å². The van der Waals surface area contributed by atoms with Crippen LogP contribution in [0.4, 0.5) is 0 Å². The van der Waals surface area contributed by atoms with Gasteiger partial charge >= 0.3 is 5.97 Å². The lowest BCUT2D eigenvalue weighted by Gasteiger charge is -2.12. The molecule has 0 spiro atoms. The summed E-state index contributed by atoms with van der Waals surface area (Å²) < 4.78 is 5.35. The Morgan fingerprint density at radius 2 is 1.65 bits per heavy atom. The van der Waals surface area contributed by atoms with Crippen molar-refractivity contribution in [2.75, 3.05) is 0 Å². The van der Waals surface area contributed by atoms with Gasteiger partial charge in [0.05, 0.1) is 5.92 Å². The van der Waals surface area contributed by atoms with Gasteiger partial charge in [0.2, 0.25) is 0 Å². The van der Waals surface area contributed by atoms with E-state index < -0.39 is 0 Å². The molecular weight excluding hydrogens is 248 g/mol. The van der Waals surface area contributed by atoms with Crippen molar-refractivity contribution in [1.29, 1.82) is 0 Å². The number of benzene rings is 2. The number of carbonyl (C=O) groups is 1. The Morgan fingerprint density at radius 1 is 1.00 bits per heavy atom. The molecule has 2 heteroatoms. The van der Waals surface area contributed by atoms with Crippen LogP contribution in [0.3, 0.4) is 0 Å². The Balaban J connectivity index is 1.84. The van der Waals surface area contributed by atoms with Gasteiger partial charge in [-0.15, -0.1) is 0 Å². The summed E-state index contributed by atoms with van der Waals surface area (Å²) in [6, 6.07) is 18.0. The van der Waals surface area contributed by atoms with E-state index in [-0.39, 0.29) is 11.9 Å². The van der Waals surface area contributed by atoms with E-state index in [4.69, 9.17) is 4.74 Å². The Kier molecular flexibility index (Phi) is 4.94. The van der Waals surface area contributed by atoms with Crippen LogP contribution in [0.2, 0.25) is 0 Å². The van der Waals surface area contributed by atoms with Crippen LogP contribution in [0.5, 0.6) is 0 Å². The Hall–Kier alpha value is -2.09. The molecular formula is C18H20O2. The van der Waals surface area contributed by atoms with Gasteiger partial charge in [-0.3, -0.25) is 4.79 Å². The first-order valence-electron chi connectivity index (χ1n) is 6.91. The van der Waals surface area contributed by atoms with Gasteiger partial charge in [-0.2, -0.15) is 0 Å². The van der Waals surface area contributed by atoms with Gasteiger partial charge in [-0.05, 0) is 24.5 Å². The van der Waals surface area contributed by atoms with Gasteiger partial charge < -0.3 is 4.74 Å². The zero-order valence-electron chi connectivity index (χ0n) is 12.0. The quantitative estimate of drug-likeness (QED) is 0.768. The third-order valence-corrected chi connectivity index (χ3v) is 3.29. The monoisotopic (exact) mass is 268 g/mol. The molecule has 2 nitrogen and oxygen atoms in total. The molecule has 0 saturated carbocycles. The van der Waals surface area contributed by atoms with Gasteiger partial charge in [-0.25, -0.2) is 0 Å². The van der Waals surface area contributed by atoms with Crippen molar-refractivity contribution in [3.05, 3.63) is 71.3 Å². The molecule has 0 radical (unpaired) electrons. The zero-order chi connectivity index (χ0) is 14.4. The molecule has 0 aliphatic carbocycles. The average Bonchev–Trinajstić information content (AvgIpc) is 2.48. The molecule has 2 rings (SSSR count). The predicted octanol–water partition coefficient (Wildman–Crippen LogP) is 3.92.